The highest BCUT2D eigenvalue weighted by molar-refractivity contribution is 5.78. The fourth-order valence-corrected chi connectivity index (χ4v) is 4.40. The van der Waals surface area contributed by atoms with Crippen LogP contribution in [0, 0.1) is 0 Å². The largest absolute Gasteiger partial charge is 0.341 e. The standard InChI is InChI=1S/C19H34N6O/c1-2-23(17-7-5-3-4-6-8-17)14-16-15-25(22-21-16)18-9-11-24(12-10-18)19(26)13-20/h15,17-18H,2-14,20H2,1H3. The SMILES string of the molecule is CCN(Cc1cn(C2CCN(C(=O)CN)CC2)nn1)C1CCCCCC1. The van der Waals surface area contributed by atoms with E-state index < -0.39 is 0 Å². The Morgan fingerprint density at radius 2 is 1.88 bits per heavy atom. The second kappa shape index (κ2) is 9.46. The molecule has 0 unspecified atom stereocenters. The second-order valence-electron chi connectivity index (χ2n) is 7.71. The van der Waals surface area contributed by atoms with E-state index in [-0.39, 0.29) is 12.5 Å². The Kier molecular flexibility index (Phi) is 7.02. The number of carbonyl (C=O) groups excluding carboxylic acids is 1. The maximum Gasteiger partial charge on any atom is 0.236 e. The van der Waals surface area contributed by atoms with Crippen LogP contribution in [0.3, 0.4) is 0 Å². The van der Waals surface area contributed by atoms with E-state index in [0.717, 1.165) is 44.7 Å². The zero-order chi connectivity index (χ0) is 18.4. The van der Waals surface area contributed by atoms with Gasteiger partial charge in [0.2, 0.25) is 5.91 Å². The quantitative estimate of drug-likeness (QED) is 0.782. The molecule has 0 radical (unpaired) electrons. The zero-order valence-electron chi connectivity index (χ0n) is 16.1. The van der Waals surface area contributed by atoms with Crippen molar-refractivity contribution in [2.24, 2.45) is 5.73 Å². The molecule has 2 N–H and O–H groups in total. The average Bonchev–Trinajstić information content (AvgIpc) is 2.98. The normalized spacial score (nSPS) is 20.5. The first-order chi connectivity index (χ1) is 12.7. The lowest BCUT2D eigenvalue weighted by Gasteiger charge is -2.31. The van der Waals surface area contributed by atoms with Crippen LogP contribution in [-0.4, -0.2) is 62.9 Å². The molecular formula is C19H34N6O. The summed E-state index contributed by atoms with van der Waals surface area (Å²) in [5.41, 5.74) is 6.53. The van der Waals surface area contributed by atoms with Crippen molar-refractivity contribution in [3.63, 3.8) is 0 Å². The van der Waals surface area contributed by atoms with Crippen molar-refractivity contribution >= 4 is 5.91 Å². The van der Waals surface area contributed by atoms with Gasteiger partial charge in [-0.1, -0.05) is 37.8 Å². The number of likely N-dealkylation sites (tertiary alicyclic amines) is 1. The Balaban J connectivity index is 1.55. The van der Waals surface area contributed by atoms with Crippen LogP contribution in [0.15, 0.2) is 6.20 Å². The summed E-state index contributed by atoms with van der Waals surface area (Å²) < 4.78 is 2.01. The van der Waals surface area contributed by atoms with Crippen LogP contribution in [0.1, 0.15) is 70.0 Å². The molecule has 1 amide bonds. The molecule has 0 atom stereocenters. The molecule has 0 aromatic carbocycles. The van der Waals surface area contributed by atoms with Crippen molar-refractivity contribution in [2.45, 2.75) is 76.9 Å². The molecule has 2 fully saturated rings. The minimum atomic E-state index is 0.0460. The summed E-state index contributed by atoms with van der Waals surface area (Å²) in [6.07, 6.45) is 12.1. The van der Waals surface area contributed by atoms with Gasteiger partial charge in [0.1, 0.15) is 0 Å². The summed E-state index contributed by atoms with van der Waals surface area (Å²) in [7, 11) is 0. The van der Waals surface area contributed by atoms with Gasteiger partial charge in [0.05, 0.1) is 24.5 Å². The van der Waals surface area contributed by atoms with Crippen LogP contribution < -0.4 is 5.73 Å². The van der Waals surface area contributed by atoms with Gasteiger partial charge in [-0.25, -0.2) is 4.68 Å². The average molecular weight is 363 g/mol. The molecule has 146 valence electrons. The van der Waals surface area contributed by atoms with Crippen LogP contribution in [-0.2, 0) is 11.3 Å². The first-order valence-electron chi connectivity index (χ1n) is 10.3. The summed E-state index contributed by atoms with van der Waals surface area (Å²) in [6, 6.07) is 1.03. The molecule has 1 aromatic heterocycles. The van der Waals surface area contributed by atoms with Crippen LogP contribution >= 0.6 is 0 Å². The maximum atomic E-state index is 11.7. The molecule has 0 bridgehead atoms. The number of hydrogen-bond donors (Lipinski definition) is 1. The Bertz CT molecular complexity index is 558. The topological polar surface area (TPSA) is 80.3 Å². The lowest BCUT2D eigenvalue weighted by Crippen LogP contribution is -2.42. The number of amides is 1. The van der Waals surface area contributed by atoms with E-state index >= 15 is 0 Å². The van der Waals surface area contributed by atoms with Gasteiger partial charge >= 0.3 is 0 Å². The molecule has 2 heterocycles. The Morgan fingerprint density at radius 1 is 1.19 bits per heavy atom. The highest BCUT2D eigenvalue weighted by atomic mass is 16.2. The van der Waals surface area contributed by atoms with Crippen molar-refractivity contribution < 1.29 is 4.79 Å². The number of piperidine rings is 1. The second-order valence-corrected chi connectivity index (χ2v) is 7.71. The van der Waals surface area contributed by atoms with Gasteiger partial charge in [0, 0.05) is 25.7 Å². The summed E-state index contributed by atoms with van der Waals surface area (Å²) >= 11 is 0. The predicted octanol–water partition coefficient (Wildman–Crippen LogP) is 1.95. The third-order valence-electron chi connectivity index (χ3n) is 6.04. The Morgan fingerprint density at radius 3 is 2.50 bits per heavy atom. The lowest BCUT2D eigenvalue weighted by molar-refractivity contribution is -0.130. The van der Waals surface area contributed by atoms with Crippen molar-refractivity contribution in [1.82, 2.24) is 24.8 Å². The smallest absolute Gasteiger partial charge is 0.236 e. The summed E-state index contributed by atoms with van der Waals surface area (Å²) in [5, 5.41) is 8.83. The number of nitrogens with two attached hydrogens (primary N) is 1. The highest BCUT2D eigenvalue weighted by Gasteiger charge is 2.25. The van der Waals surface area contributed by atoms with E-state index in [1.807, 2.05) is 9.58 Å². The van der Waals surface area contributed by atoms with Gasteiger partial charge in [-0.3, -0.25) is 9.69 Å². The molecular weight excluding hydrogens is 328 g/mol. The van der Waals surface area contributed by atoms with Gasteiger partial charge < -0.3 is 10.6 Å². The molecule has 1 aliphatic carbocycles. The number of hydrogen-bond acceptors (Lipinski definition) is 5. The van der Waals surface area contributed by atoms with E-state index in [9.17, 15) is 4.79 Å². The third kappa shape index (κ3) is 4.82. The van der Waals surface area contributed by atoms with Gasteiger partial charge in [-0.2, -0.15) is 0 Å². The van der Waals surface area contributed by atoms with E-state index in [2.05, 4.69) is 28.3 Å². The van der Waals surface area contributed by atoms with E-state index in [0.29, 0.717) is 12.1 Å². The van der Waals surface area contributed by atoms with Crippen molar-refractivity contribution in [3.8, 4) is 0 Å². The number of aromatic nitrogens is 3. The molecule has 1 aromatic rings. The minimum absolute atomic E-state index is 0.0460. The molecule has 26 heavy (non-hydrogen) atoms. The zero-order valence-corrected chi connectivity index (χ0v) is 16.1. The third-order valence-corrected chi connectivity index (χ3v) is 6.04. The maximum absolute atomic E-state index is 11.7. The van der Waals surface area contributed by atoms with Crippen LogP contribution in [0.25, 0.3) is 0 Å². The molecule has 1 saturated carbocycles. The van der Waals surface area contributed by atoms with E-state index in [1.54, 1.807) is 0 Å². The summed E-state index contributed by atoms with van der Waals surface area (Å²) in [6.45, 7) is 5.84. The molecule has 1 aliphatic heterocycles. The van der Waals surface area contributed by atoms with Crippen LogP contribution in [0.2, 0.25) is 0 Å². The minimum Gasteiger partial charge on any atom is -0.341 e. The lowest BCUT2D eigenvalue weighted by atomic mass is 10.1. The van der Waals surface area contributed by atoms with Gasteiger partial charge in [0.15, 0.2) is 0 Å². The van der Waals surface area contributed by atoms with E-state index in [4.69, 9.17) is 5.73 Å². The summed E-state index contributed by atoms with van der Waals surface area (Å²) in [4.78, 5) is 16.1. The highest BCUT2D eigenvalue weighted by Crippen LogP contribution is 2.24. The van der Waals surface area contributed by atoms with Gasteiger partial charge in [-0.05, 0) is 32.2 Å². The fraction of sp³-hybridized carbons (Fsp3) is 0.842. The fourth-order valence-electron chi connectivity index (χ4n) is 4.40. The Hall–Kier alpha value is -1.47. The number of rotatable bonds is 6. The monoisotopic (exact) mass is 362 g/mol. The first kappa shape index (κ1) is 19.3. The van der Waals surface area contributed by atoms with Crippen molar-refractivity contribution in [2.75, 3.05) is 26.2 Å². The molecule has 0 spiro atoms. The first-order valence-corrected chi connectivity index (χ1v) is 10.3. The Labute approximate surface area is 156 Å². The predicted molar refractivity (Wildman–Crippen MR) is 102 cm³/mol. The molecule has 3 rings (SSSR count). The molecule has 1 saturated heterocycles. The van der Waals surface area contributed by atoms with Gasteiger partial charge in [0.25, 0.3) is 0 Å². The van der Waals surface area contributed by atoms with E-state index in [1.165, 1.54) is 38.5 Å². The van der Waals surface area contributed by atoms with Crippen LogP contribution in [0.5, 0.6) is 0 Å². The number of carbonyl (C=O) groups is 1. The molecule has 2 aliphatic rings. The molecule has 7 nitrogen and oxygen atoms in total. The van der Waals surface area contributed by atoms with Gasteiger partial charge in [-0.15, -0.1) is 5.10 Å². The van der Waals surface area contributed by atoms with Crippen molar-refractivity contribution in [1.29, 1.82) is 0 Å². The van der Waals surface area contributed by atoms with Crippen molar-refractivity contribution in [3.05, 3.63) is 11.9 Å². The molecule has 7 heteroatoms. The van der Waals surface area contributed by atoms with Crippen LogP contribution in [0.4, 0.5) is 0 Å². The number of nitrogens with zero attached hydrogens (tertiary/aromatic N) is 5. The summed E-state index contributed by atoms with van der Waals surface area (Å²) in [5.74, 6) is 0.0460.